The van der Waals surface area contributed by atoms with E-state index in [2.05, 4.69) is 34.5 Å². The number of nitrogens with zero attached hydrogens (tertiary/aromatic N) is 1. The van der Waals surface area contributed by atoms with E-state index in [1.807, 2.05) is 0 Å². The Morgan fingerprint density at radius 3 is 2.25 bits per heavy atom. The van der Waals surface area contributed by atoms with Gasteiger partial charge < -0.3 is 10.1 Å². The van der Waals surface area contributed by atoms with Gasteiger partial charge in [0.05, 0.1) is 7.11 Å². The molecule has 0 radical (unpaired) electrons. The van der Waals surface area contributed by atoms with E-state index in [1.165, 1.54) is 57.4 Å². The van der Waals surface area contributed by atoms with Gasteiger partial charge >= 0.3 is 0 Å². The normalized spacial score (nSPS) is 28.2. The topological polar surface area (TPSA) is 24.5 Å². The zero-order valence-electron chi connectivity index (χ0n) is 12.5. The van der Waals surface area contributed by atoms with Gasteiger partial charge in [0, 0.05) is 32.2 Å². The first-order chi connectivity index (χ1) is 9.86. The van der Waals surface area contributed by atoms with Crippen LogP contribution in [0.15, 0.2) is 24.3 Å². The Balaban J connectivity index is 1.54. The number of ether oxygens (including phenoxy) is 1. The molecule has 3 heteroatoms. The van der Waals surface area contributed by atoms with E-state index in [4.69, 9.17) is 4.74 Å². The summed E-state index contributed by atoms with van der Waals surface area (Å²) < 4.78 is 5.24. The van der Waals surface area contributed by atoms with Gasteiger partial charge in [0.15, 0.2) is 0 Å². The molecule has 3 rings (SSSR count). The molecule has 110 valence electrons. The Kier molecular flexibility index (Phi) is 4.58. The number of rotatable bonds is 3. The molecule has 3 nitrogen and oxygen atoms in total. The standard InChI is InChI=1S/C17H26N2O/c1-20-17-8-4-15(5-9-17)14-2-6-16(7-3-14)19-12-10-18-11-13-19/h4-5,8-9,14,16,18H,2-3,6-7,10-13H2,1H3. The van der Waals surface area contributed by atoms with Gasteiger partial charge in [0.2, 0.25) is 0 Å². The summed E-state index contributed by atoms with van der Waals surface area (Å²) in [6, 6.07) is 9.50. The molecular formula is C17H26N2O. The van der Waals surface area contributed by atoms with E-state index in [0.29, 0.717) is 0 Å². The first kappa shape index (κ1) is 13.9. The average molecular weight is 274 g/mol. The highest BCUT2D eigenvalue weighted by Crippen LogP contribution is 2.35. The van der Waals surface area contributed by atoms with Crippen LogP contribution in [0.1, 0.15) is 37.2 Å². The lowest BCUT2D eigenvalue weighted by molar-refractivity contribution is 0.133. The van der Waals surface area contributed by atoms with Gasteiger partial charge in [0.25, 0.3) is 0 Å². The Morgan fingerprint density at radius 1 is 1.00 bits per heavy atom. The fourth-order valence-corrected chi connectivity index (χ4v) is 3.70. The van der Waals surface area contributed by atoms with Gasteiger partial charge in [-0.05, 0) is 49.3 Å². The van der Waals surface area contributed by atoms with Crippen LogP contribution in [0.3, 0.4) is 0 Å². The number of methoxy groups -OCH3 is 1. The van der Waals surface area contributed by atoms with Crippen LogP contribution in [0.5, 0.6) is 5.75 Å². The maximum atomic E-state index is 5.24. The van der Waals surface area contributed by atoms with Crippen molar-refractivity contribution in [1.29, 1.82) is 0 Å². The number of piperazine rings is 1. The van der Waals surface area contributed by atoms with Crippen LogP contribution >= 0.6 is 0 Å². The van der Waals surface area contributed by atoms with Crippen LogP contribution in [-0.4, -0.2) is 44.2 Å². The van der Waals surface area contributed by atoms with Crippen LogP contribution in [-0.2, 0) is 0 Å². The second-order valence-electron chi connectivity index (χ2n) is 6.06. The Bertz CT molecular complexity index is 404. The van der Waals surface area contributed by atoms with Gasteiger partial charge in [-0.1, -0.05) is 12.1 Å². The third-order valence-corrected chi connectivity index (χ3v) is 4.95. The second kappa shape index (κ2) is 6.59. The summed E-state index contributed by atoms with van der Waals surface area (Å²) >= 11 is 0. The maximum absolute atomic E-state index is 5.24. The summed E-state index contributed by atoms with van der Waals surface area (Å²) in [5.41, 5.74) is 1.49. The van der Waals surface area contributed by atoms with E-state index in [0.717, 1.165) is 17.7 Å². The van der Waals surface area contributed by atoms with Crippen LogP contribution in [0, 0.1) is 0 Å². The molecule has 0 unspecified atom stereocenters. The number of hydrogen-bond donors (Lipinski definition) is 1. The third kappa shape index (κ3) is 3.15. The summed E-state index contributed by atoms with van der Waals surface area (Å²) in [5.74, 6) is 1.71. The van der Waals surface area contributed by atoms with Crippen molar-refractivity contribution < 1.29 is 4.74 Å². The first-order valence-electron chi connectivity index (χ1n) is 7.95. The molecule has 0 spiro atoms. The molecule has 0 amide bonds. The van der Waals surface area contributed by atoms with E-state index in [1.54, 1.807) is 7.11 Å². The molecule has 1 N–H and O–H groups in total. The highest BCUT2D eigenvalue weighted by Gasteiger charge is 2.27. The van der Waals surface area contributed by atoms with Gasteiger partial charge in [-0.15, -0.1) is 0 Å². The van der Waals surface area contributed by atoms with Crippen molar-refractivity contribution in [2.75, 3.05) is 33.3 Å². The Morgan fingerprint density at radius 2 is 1.65 bits per heavy atom. The lowest BCUT2D eigenvalue weighted by atomic mass is 9.81. The van der Waals surface area contributed by atoms with Gasteiger partial charge in [-0.25, -0.2) is 0 Å². The Labute approximate surface area is 122 Å². The van der Waals surface area contributed by atoms with Crippen molar-refractivity contribution in [3.8, 4) is 5.75 Å². The van der Waals surface area contributed by atoms with Gasteiger partial charge in [-0.3, -0.25) is 4.90 Å². The highest BCUT2D eigenvalue weighted by molar-refractivity contribution is 5.29. The first-order valence-corrected chi connectivity index (χ1v) is 7.95. The summed E-state index contributed by atoms with van der Waals surface area (Å²) in [7, 11) is 1.73. The van der Waals surface area contributed by atoms with Crippen LogP contribution in [0.2, 0.25) is 0 Å². The van der Waals surface area contributed by atoms with Crippen molar-refractivity contribution in [2.45, 2.75) is 37.6 Å². The average Bonchev–Trinajstić information content (AvgIpc) is 2.56. The maximum Gasteiger partial charge on any atom is 0.118 e. The van der Waals surface area contributed by atoms with Crippen molar-refractivity contribution in [2.24, 2.45) is 0 Å². The summed E-state index contributed by atoms with van der Waals surface area (Å²) in [6.45, 7) is 4.80. The smallest absolute Gasteiger partial charge is 0.118 e. The van der Waals surface area contributed by atoms with E-state index < -0.39 is 0 Å². The molecule has 2 fully saturated rings. The third-order valence-electron chi connectivity index (χ3n) is 4.95. The number of nitrogens with one attached hydrogen (secondary N) is 1. The molecule has 1 aliphatic carbocycles. The quantitative estimate of drug-likeness (QED) is 0.917. The summed E-state index contributed by atoms with van der Waals surface area (Å²) in [5, 5.41) is 3.45. The van der Waals surface area contributed by atoms with Crippen molar-refractivity contribution in [3.05, 3.63) is 29.8 Å². The molecule has 1 heterocycles. The van der Waals surface area contributed by atoms with Crippen molar-refractivity contribution in [1.82, 2.24) is 10.2 Å². The molecule has 1 aromatic carbocycles. The monoisotopic (exact) mass is 274 g/mol. The molecule has 1 saturated heterocycles. The van der Waals surface area contributed by atoms with Gasteiger partial charge in [0.1, 0.15) is 5.75 Å². The highest BCUT2D eigenvalue weighted by atomic mass is 16.5. The number of benzene rings is 1. The predicted octanol–water partition coefficient (Wildman–Crippen LogP) is 2.63. The minimum absolute atomic E-state index is 0.750. The molecule has 1 aromatic rings. The van der Waals surface area contributed by atoms with Crippen molar-refractivity contribution >= 4 is 0 Å². The lowest BCUT2D eigenvalue weighted by Gasteiger charge is -2.39. The van der Waals surface area contributed by atoms with E-state index >= 15 is 0 Å². The van der Waals surface area contributed by atoms with Crippen LogP contribution in [0.4, 0.5) is 0 Å². The minimum atomic E-state index is 0.750. The lowest BCUT2D eigenvalue weighted by Crippen LogP contribution is -2.49. The van der Waals surface area contributed by atoms with Crippen molar-refractivity contribution in [3.63, 3.8) is 0 Å². The molecule has 2 aliphatic rings. The minimum Gasteiger partial charge on any atom is -0.497 e. The fourth-order valence-electron chi connectivity index (χ4n) is 3.70. The molecule has 1 saturated carbocycles. The molecule has 20 heavy (non-hydrogen) atoms. The molecule has 0 bridgehead atoms. The fraction of sp³-hybridized carbons (Fsp3) is 0.647. The molecule has 0 atom stereocenters. The molecule has 1 aliphatic heterocycles. The van der Waals surface area contributed by atoms with Crippen LogP contribution < -0.4 is 10.1 Å². The zero-order valence-corrected chi connectivity index (χ0v) is 12.5. The van der Waals surface area contributed by atoms with Crippen LogP contribution in [0.25, 0.3) is 0 Å². The Hall–Kier alpha value is -1.06. The largest absolute Gasteiger partial charge is 0.497 e. The second-order valence-corrected chi connectivity index (χ2v) is 6.06. The molecule has 0 aromatic heterocycles. The SMILES string of the molecule is COc1ccc(C2CCC(N3CCNCC3)CC2)cc1. The summed E-state index contributed by atoms with van der Waals surface area (Å²) in [6.07, 6.45) is 5.38. The van der Waals surface area contributed by atoms with Gasteiger partial charge in [-0.2, -0.15) is 0 Å². The van der Waals surface area contributed by atoms with E-state index in [9.17, 15) is 0 Å². The molecular weight excluding hydrogens is 248 g/mol. The van der Waals surface area contributed by atoms with E-state index in [-0.39, 0.29) is 0 Å². The predicted molar refractivity (Wildman–Crippen MR) is 82.4 cm³/mol. The summed E-state index contributed by atoms with van der Waals surface area (Å²) in [4.78, 5) is 2.70. The zero-order chi connectivity index (χ0) is 13.8. The number of hydrogen-bond acceptors (Lipinski definition) is 3.